The van der Waals surface area contributed by atoms with Crippen LogP contribution in [0.15, 0.2) is 107 Å². The summed E-state index contributed by atoms with van der Waals surface area (Å²) >= 11 is 5.42. The normalized spacial score (nSPS) is 17.1. The van der Waals surface area contributed by atoms with Crippen molar-refractivity contribution >= 4 is 62.2 Å². The molecule has 1 saturated heterocycles. The number of sulfonamides is 1. The molecule has 0 spiro atoms. The van der Waals surface area contributed by atoms with E-state index in [0.29, 0.717) is 31.2 Å². The summed E-state index contributed by atoms with van der Waals surface area (Å²) in [6.07, 6.45) is 2.88. The number of nitrogens with two attached hydrogens (primary N) is 1. The van der Waals surface area contributed by atoms with Crippen molar-refractivity contribution in [2.45, 2.75) is 69.0 Å². The maximum atomic E-state index is 12.8. The Morgan fingerprint density at radius 3 is 2.26 bits per heavy atom. The number of aromatic amines is 1. The molecule has 6 rings (SSSR count). The van der Waals surface area contributed by atoms with Gasteiger partial charge in [-0.3, -0.25) is 24.0 Å². The molecule has 16 nitrogen and oxygen atoms in total. The van der Waals surface area contributed by atoms with Gasteiger partial charge in [0.2, 0.25) is 23.6 Å². The molecular weight excluding hydrogens is 840 g/mol. The fraction of sp³-hybridized carbons (Fsp3) is 0.364. The number of rotatable bonds is 13. The summed E-state index contributed by atoms with van der Waals surface area (Å²) in [7, 11) is -2.12. The number of H-pyrrole nitrogens is 1. The molecule has 6 N–H and O–H groups in total. The number of nitrogens with one attached hydrogen (secondary N) is 4. The van der Waals surface area contributed by atoms with Crippen molar-refractivity contribution in [1.82, 2.24) is 25.2 Å². The van der Waals surface area contributed by atoms with Crippen LogP contribution in [0.2, 0.25) is 0 Å². The zero-order valence-electron chi connectivity index (χ0n) is 35.0. The van der Waals surface area contributed by atoms with E-state index in [0.717, 1.165) is 22.5 Å². The van der Waals surface area contributed by atoms with Gasteiger partial charge in [-0.1, -0.05) is 54.6 Å². The molecule has 3 aromatic carbocycles. The minimum Gasteiger partial charge on any atom is -0.497 e. The van der Waals surface area contributed by atoms with E-state index in [1.807, 2.05) is 36.4 Å². The Bertz CT molecular complexity index is 2390. The Morgan fingerprint density at radius 2 is 1.68 bits per heavy atom. The number of carbonyl (C=O) groups is 5. The van der Waals surface area contributed by atoms with Gasteiger partial charge in [0, 0.05) is 42.2 Å². The van der Waals surface area contributed by atoms with Crippen molar-refractivity contribution < 1.29 is 41.9 Å². The van der Waals surface area contributed by atoms with E-state index in [4.69, 9.17) is 26.8 Å². The molecule has 0 radical (unpaired) electrons. The highest BCUT2D eigenvalue weighted by molar-refractivity contribution is 7.90. The minimum absolute atomic E-state index is 0.00950. The lowest BCUT2D eigenvalue weighted by molar-refractivity contribution is -0.139. The van der Waals surface area contributed by atoms with E-state index >= 15 is 0 Å². The van der Waals surface area contributed by atoms with E-state index in [-0.39, 0.29) is 46.9 Å². The highest BCUT2D eigenvalue weighted by atomic mass is 35.5. The van der Waals surface area contributed by atoms with Gasteiger partial charge in [0.25, 0.3) is 10.0 Å². The number of hydrogen-bond donors (Lipinski definition) is 5. The molecule has 332 valence electrons. The van der Waals surface area contributed by atoms with Gasteiger partial charge in [0.15, 0.2) is 5.43 Å². The van der Waals surface area contributed by atoms with Crippen molar-refractivity contribution in [3.63, 3.8) is 0 Å². The Kier molecular flexibility index (Phi) is 17.2. The number of benzene rings is 3. The molecule has 62 heavy (non-hydrogen) atoms. The second kappa shape index (κ2) is 22.1. The van der Waals surface area contributed by atoms with E-state index in [1.54, 1.807) is 70.4 Å². The molecular formula is C44H53ClN6O10S. The Morgan fingerprint density at radius 1 is 1.02 bits per heavy atom. The number of aromatic nitrogens is 1. The van der Waals surface area contributed by atoms with Gasteiger partial charge in [0.05, 0.1) is 17.5 Å². The van der Waals surface area contributed by atoms with E-state index in [1.165, 1.54) is 17.0 Å². The van der Waals surface area contributed by atoms with Crippen molar-refractivity contribution in [3.8, 4) is 17.0 Å². The van der Waals surface area contributed by atoms with Gasteiger partial charge in [0.1, 0.15) is 29.3 Å². The average molecular weight is 893 g/mol. The number of halogens is 1. The molecule has 2 aliphatic rings. The maximum Gasteiger partial charge on any atom is 0.408 e. The third-order valence-electron chi connectivity index (χ3n) is 9.62. The summed E-state index contributed by atoms with van der Waals surface area (Å²) in [5.74, 6) is -1.45. The van der Waals surface area contributed by atoms with Gasteiger partial charge in [-0.05, 0) is 82.2 Å². The zero-order valence-corrected chi connectivity index (χ0v) is 36.6. The number of pyridine rings is 1. The molecule has 1 saturated carbocycles. The monoisotopic (exact) mass is 892 g/mol. The van der Waals surface area contributed by atoms with Crippen LogP contribution in [0.4, 0.5) is 4.79 Å². The minimum atomic E-state index is -3.73. The standard InChI is InChI=1S/C16H27ClN4O5.C16H13NO2.C12H13NO3S/c1-16(2,3)26-15(25)20-10(6-7-19-12(22)9-17)14(24)21-8-4-5-11(21)13(18)23;1-19-12-7-8-13-15(9-12)17-14(10-16(13)18)11-5-3-2-4-6-11;1-2-9-8-11(9)12(14)13-17(15,16)10-6-4-3-5-7-10/h10-11H,4-9H2,1-3H3,(H2,18,23)(H,19,22)(H,20,25);2-10H,1H3,(H,17,18);2-7,9,11H,1,8H2,(H,13,14). The Labute approximate surface area is 365 Å². The second-order valence-corrected chi connectivity index (χ2v) is 17.4. The number of nitrogens with zero attached hydrogens (tertiary/aromatic N) is 1. The molecule has 4 aromatic rings. The summed E-state index contributed by atoms with van der Waals surface area (Å²) in [5.41, 5.74) is 7.22. The van der Waals surface area contributed by atoms with Crippen molar-refractivity contribution in [3.05, 3.63) is 108 Å². The van der Waals surface area contributed by atoms with E-state index < -0.39 is 51.5 Å². The fourth-order valence-corrected chi connectivity index (χ4v) is 7.56. The first-order valence-electron chi connectivity index (χ1n) is 19.8. The first-order chi connectivity index (χ1) is 29.4. The van der Waals surface area contributed by atoms with Crippen LogP contribution in [0.1, 0.15) is 46.5 Å². The first kappa shape index (κ1) is 48.5. The van der Waals surface area contributed by atoms with Gasteiger partial charge in [-0.2, -0.15) is 0 Å². The van der Waals surface area contributed by atoms with Crippen molar-refractivity contribution in [1.29, 1.82) is 0 Å². The fourth-order valence-electron chi connectivity index (χ4n) is 6.41. The molecule has 2 fully saturated rings. The second-order valence-electron chi connectivity index (χ2n) is 15.4. The molecule has 2 heterocycles. The summed E-state index contributed by atoms with van der Waals surface area (Å²) in [5, 5.41) is 5.72. The summed E-state index contributed by atoms with van der Waals surface area (Å²) < 4.78 is 36.1. The van der Waals surface area contributed by atoms with E-state index in [9.17, 15) is 37.2 Å². The lowest BCUT2D eigenvalue weighted by atomic mass is 10.1. The predicted octanol–water partition coefficient (Wildman–Crippen LogP) is 4.62. The third kappa shape index (κ3) is 14.2. The van der Waals surface area contributed by atoms with Gasteiger partial charge >= 0.3 is 6.09 Å². The van der Waals surface area contributed by atoms with E-state index in [2.05, 4.69) is 26.9 Å². The van der Waals surface area contributed by atoms with Crippen LogP contribution in [0.5, 0.6) is 5.75 Å². The highest BCUT2D eigenvalue weighted by Gasteiger charge is 2.42. The topological polar surface area (TPSA) is 236 Å². The lowest BCUT2D eigenvalue weighted by Crippen LogP contribution is -2.54. The smallest absolute Gasteiger partial charge is 0.408 e. The summed E-state index contributed by atoms with van der Waals surface area (Å²) in [6, 6.07) is 23.0. The number of fused-ring (bicyclic) bond motifs is 1. The van der Waals surface area contributed by atoms with Crippen LogP contribution in [-0.4, -0.2) is 91.8 Å². The van der Waals surface area contributed by atoms with Crippen LogP contribution >= 0.6 is 11.6 Å². The number of likely N-dealkylation sites (tertiary alicyclic amines) is 1. The third-order valence-corrected chi connectivity index (χ3v) is 11.2. The number of ether oxygens (including phenoxy) is 2. The molecule has 1 aliphatic heterocycles. The van der Waals surface area contributed by atoms with Crippen molar-refractivity contribution in [2.24, 2.45) is 17.6 Å². The number of hydrogen-bond acceptors (Lipinski definition) is 10. The van der Waals surface area contributed by atoms with Crippen molar-refractivity contribution in [2.75, 3.05) is 26.1 Å². The number of amides is 5. The Balaban J connectivity index is 0.000000209. The molecule has 18 heteroatoms. The number of alkyl halides is 1. The highest BCUT2D eigenvalue weighted by Crippen LogP contribution is 2.39. The lowest BCUT2D eigenvalue weighted by Gasteiger charge is -2.28. The van der Waals surface area contributed by atoms with Crippen LogP contribution in [0.3, 0.4) is 0 Å². The largest absolute Gasteiger partial charge is 0.497 e. The number of carbonyl (C=O) groups excluding carboxylic acids is 5. The van der Waals surface area contributed by atoms with Crippen LogP contribution in [0, 0.1) is 11.8 Å². The number of alkyl carbamates (subject to hydrolysis) is 1. The quantitative estimate of drug-likeness (QED) is 0.0923. The van der Waals surface area contributed by atoms with Gasteiger partial charge in [-0.15, -0.1) is 18.2 Å². The van der Waals surface area contributed by atoms with Gasteiger partial charge in [-0.25, -0.2) is 17.9 Å². The molecule has 5 amide bonds. The molecule has 0 bridgehead atoms. The molecule has 4 unspecified atom stereocenters. The Hall–Kier alpha value is -6.20. The van der Waals surface area contributed by atoms with Gasteiger partial charge < -0.3 is 35.7 Å². The molecule has 1 aliphatic carbocycles. The number of methoxy groups -OCH3 is 1. The predicted molar refractivity (Wildman–Crippen MR) is 236 cm³/mol. The van der Waals surface area contributed by atoms with Crippen LogP contribution in [-0.2, 0) is 33.9 Å². The van der Waals surface area contributed by atoms with Crippen LogP contribution in [0.25, 0.3) is 22.2 Å². The van der Waals surface area contributed by atoms with Crippen LogP contribution < -0.4 is 31.3 Å². The number of primary amides is 1. The number of allylic oxidation sites excluding steroid dienone is 1. The SMILES string of the molecule is C=CC1CC1C(=O)NS(=O)(=O)c1ccccc1.CC(C)(C)OC(=O)NC(CCNC(=O)CCl)C(=O)N1CCCC1C(N)=O.COc1ccc2c(=O)cc(-c3ccccc3)[nH]c2c1. The summed E-state index contributed by atoms with van der Waals surface area (Å²) in [4.78, 5) is 76.1. The summed E-state index contributed by atoms with van der Waals surface area (Å²) in [6.45, 7) is 9.20. The maximum absolute atomic E-state index is 12.8. The molecule has 4 atom stereocenters. The average Bonchev–Trinajstić information content (AvgIpc) is 3.88. The first-order valence-corrected chi connectivity index (χ1v) is 21.8. The molecule has 1 aromatic heterocycles. The zero-order chi connectivity index (χ0) is 45.6.